The molecule has 0 saturated carbocycles. The first-order valence-electron chi connectivity index (χ1n) is 6.12. The Balaban J connectivity index is 2.26. The number of hydrogen-bond acceptors (Lipinski definition) is 6. The number of benzene rings is 2. The normalized spacial score (nSPS) is 12.3. The molecule has 23 heavy (non-hydrogen) atoms. The fraction of sp³-hybridized carbons (Fsp3) is 0. The van der Waals surface area contributed by atoms with E-state index in [1.54, 1.807) is 0 Å². The van der Waals surface area contributed by atoms with Crippen LogP contribution in [0.4, 0.5) is 17.1 Å². The van der Waals surface area contributed by atoms with Gasteiger partial charge < -0.3 is 10.1 Å². The van der Waals surface area contributed by atoms with E-state index in [1.165, 1.54) is 18.2 Å². The first kappa shape index (κ1) is 14.7. The molecule has 9 nitrogen and oxygen atoms in total. The van der Waals surface area contributed by atoms with E-state index in [9.17, 15) is 25.0 Å². The lowest BCUT2D eigenvalue weighted by Crippen LogP contribution is -2.13. The van der Waals surface area contributed by atoms with Gasteiger partial charge in [-0.1, -0.05) is 11.6 Å². The summed E-state index contributed by atoms with van der Waals surface area (Å²) >= 11 is 5.83. The zero-order valence-corrected chi connectivity index (χ0v) is 11.9. The molecule has 1 aliphatic rings. The summed E-state index contributed by atoms with van der Waals surface area (Å²) in [6.07, 6.45) is 0. The molecule has 3 rings (SSSR count). The van der Waals surface area contributed by atoms with E-state index in [2.05, 4.69) is 5.32 Å². The van der Waals surface area contributed by atoms with E-state index < -0.39 is 32.7 Å². The Morgan fingerprint density at radius 1 is 1.04 bits per heavy atom. The highest BCUT2D eigenvalue weighted by Crippen LogP contribution is 2.42. The van der Waals surface area contributed by atoms with Crippen molar-refractivity contribution in [3.05, 3.63) is 61.1 Å². The molecule has 0 bridgehead atoms. The third-order valence-corrected chi connectivity index (χ3v) is 3.35. The van der Waals surface area contributed by atoms with Crippen LogP contribution in [0.25, 0.3) is 0 Å². The van der Waals surface area contributed by atoms with Crippen LogP contribution in [0.2, 0.25) is 5.02 Å². The second-order valence-corrected chi connectivity index (χ2v) is 4.99. The Morgan fingerprint density at radius 2 is 1.78 bits per heavy atom. The topological polar surface area (TPSA) is 125 Å². The lowest BCUT2D eigenvalue weighted by Gasteiger charge is -2.07. The summed E-state index contributed by atoms with van der Waals surface area (Å²) < 4.78 is 5.46. The number of hydrogen-bond donors (Lipinski definition) is 1. The third-order valence-electron chi connectivity index (χ3n) is 3.11. The van der Waals surface area contributed by atoms with Gasteiger partial charge in [0.05, 0.1) is 27.7 Å². The molecule has 0 radical (unpaired) electrons. The molecule has 0 unspecified atom stereocenters. The highest BCUT2D eigenvalue weighted by Gasteiger charge is 2.33. The van der Waals surface area contributed by atoms with Crippen LogP contribution in [-0.4, -0.2) is 15.8 Å². The number of nitro benzene ring substituents is 2. The van der Waals surface area contributed by atoms with Gasteiger partial charge in [-0.25, -0.2) is 0 Å². The van der Waals surface area contributed by atoms with E-state index in [0.29, 0.717) is 11.1 Å². The van der Waals surface area contributed by atoms with Crippen molar-refractivity contribution in [2.45, 2.75) is 0 Å². The van der Waals surface area contributed by atoms with Crippen molar-refractivity contribution in [1.29, 1.82) is 0 Å². The summed E-state index contributed by atoms with van der Waals surface area (Å²) in [5, 5.41) is 24.8. The first-order chi connectivity index (χ1) is 10.9. The zero-order valence-electron chi connectivity index (χ0n) is 11.1. The summed E-state index contributed by atoms with van der Waals surface area (Å²) in [5.74, 6) is -0.927. The van der Waals surface area contributed by atoms with Crippen molar-refractivity contribution in [3.8, 4) is 11.5 Å². The van der Waals surface area contributed by atoms with Gasteiger partial charge in [-0.05, 0) is 18.2 Å². The monoisotopic (exact) mass is 335 g/mol. The SMILES string of the molecule is O=C1Nc2cc(Cl)ccc2Oc2cc([N+](=O)[O-])cc([N+](=O)[O-])c21. The Morgan fingerprint density at radius 3 is 2.43 bits per heavy atom. The fourth-order valence-electron chi connectivity index (χ4n) is 2.14. The number of nitrogens with one attached hydrogen (secondary N) is 1. The van der Waals surface area contributed by atoms with E-state index in [1.807, 2.05) is 0 Å². The van der Waals surface area contributed by atoms with E-state index >= 15 is 0 Å². The maximum absolute atomic E-state index is 12.3. The van der Waals surface area contributed by atoms with Crippen molar-refractivity contribution in [2.24, 2.45) is 0 Å². The van der Waals surface area contributed by atoms with E-state index in [0.717, 1.165) is 6.07 Å². The summed E-state index contributed by atoms with van der Waals surface area (Å²) in [6.45, 7) is 0. The fourth-order valence-corrected chi connectivity index (χ4v) is 2.31. The maximum Gasteiger partial charge on any atom is 0.292 e. The van der Waals surface area contributed by atoms with Gasteiger partial charge in [0, 0.05) is 5.02 Å². The number of carbonyl (C=O) groups excluding carboxylic acids is 1. The maximum atomic E-state index is 12.3. The standard InChI is InChI=1S/C13H6ClN3O6/c14-6-1-2-10-8(3-6)15-13(18)12-9(17(21)22)4-7(16(19)20)5-11(12)23-10/h1-5H,(H,15,18). The second-order valence-electron chi connectivity index (χ2n) is 4.55. The molecule has 1 heterocycles. The highest BCUT2D eigenvalue weighted by molar-refractivity contribution is 6.31. The molecular weight excluding hydrogens is 330 g/mol. The molecule has 116 valence electrons. The van der Waals surface area contributed by atoms with Crippen molar-refractivity contribution in [1.82, 2.24) is 0 Å². The van der Waals surface area contributed by atoms with Crippen molar-refractivity contribution >= 4 is 34.6 Å². The lowest BCUT2D eigenvalue weighted by atomic mass is 10.1. The number of carbonyl (C=O) groups is 1. The predicted octanol–water partition coefficient (Wildman–Crippen LogP) is 3.51. The average Bonchev–Trinajstić information content (AvgIpc) is 2.61. The molecule has 1 aliphatic heterocycles. The van der Waals surface area contributed by atoms with Crippen LogP contribution in [-0.2, 0) is 0 Å². The minimum Gasteiger partial charge on any atom is -0.454 e. The van der Waals surface area contributed by atoms with Crippen molar-refractivity contribution < 1.29 is 19.4 Å². The number of ether oxygens (including phenoxy) is 1. The van der Waals surface area contributed by atoms with Crippen LogP contribution in [0.1, 0.15) is 10.4 Å². The lowest BCUT2D eigenvalue weighted by molar-refractivity contribution is -0.394. The smallest absolute Gasteiger partial charge is 0.292 e. The minimum atomic E-state index is -0.877. The molecule has 1 N–H and O–H groups in total. The van der Waals surface area contributed by atoms with Gasteiger partial charge >= 0.3 is 0 Å². The molecule has 0 fully saturated rings. The molecule has 0 saturated heterocycles. The summed E-state index contributed by atoms with van der Waals surface area (Å²) in [6, 6.07) is 6.01. The Labute approximate surface area is 132 Å². The molecule has 1 amide bonds. The third kappa shape index (κ3) is 2.53. The minimum absolute atomic E-state index is 0.163. The van der Waals surface area contributed by atoms with Gasteiger partial charge in [0.25, 0.3) is 17.3 Å². The number of halogens is 1. The van der Waals surface area contributed by atoms with Crippen molar-refractivity contribution in [3.63, 3.8) is 0 Å². The molecule has 0 atom stereocenters. The molecule has 2 aromatic rings. The van der Waals surface area contributed by atoms with Gasteiger partial charge in [-0.2, -0.15) is 0 Å². The first-order valence-corrected chi connectivity index (χ1v) is 6.50. The highest BCUT2D eigenvalue weighted by atomic mass is 35.5. The second kappa shape index (κ2) is 5.21. The summed E-state index contributed by atoms with van der Waals surface area (Å²) in [7, 11) is 0. The molecule has 0 spiro atoms. The van der Waals surface area contributed by atoms with E-state index in [-0.39, 0.29) is 17.2 Å². The van der Waals surface area contributed by atoms with Gasteiger partial charge in [-0.15, -0.1) is 0 Å². The molecule has 2 aromatic carbocycles. The van der Waals surface area contributed by atoms with Crippen LogP contribution in [0.15, 0.2) is 30.3 Å². The van der Waals surface area contributed by atoms with Crippen LogP contribution in [0.3, 0.4) is 0 Å². The zero-order chi connectivity index (χ0) is 16.7. The van der Waals surface area contributed by atoms with Gasteiger partial charge in [0.2, 0.25) is 0 Å². The van der Waals surface area contributed by atoms with Crippen LogP contribution < -0.4 is 10.1 Å². The number of amides is 1. The van der Waals surface area contributed by atoms with Crippen molar-refractivity contribution in [2.75, 3.05) is 5.32 Å². The summed E-state index contributed by atoms with van der Waals surface area (Å²) in [5.41, 5.74) is -1.46. The number of nitrogens with zero attached hydrogens (tertiary/aromatic N) is 2. The molecular formula is C13H6ClN3O6. The number of rotatable bonds is 2. The van der Waals surface area contributed by atoms with Gasteiger partial charge in [-0.3, -0.25) is 25.0 Å². The number of nitro groups is 2. The van der Waals surface area contributed by atoms with Crippen LogP contribution in [0, 0.1) is 20.2 Å². The van der Waals surface area contributed by atoms with Crippen LogP contribution >= 0.6 is 11.6 Å². The average molecular weight is 336 g/mol. The molecule has 0 aliphatic carbocycles. The van der Waals surface area contributed by atoms with Crippen LogP contribution in [0.5, 0.6) is 11.5 Å². The summed E-state index contributed by atoms with van der Waals surface area (Å²) in [4.78, 5) is 32.7. The number of non-ortho nitro benzene ring substituents is 1. The molecule has 10 heteroatoms. The molecule has 0 aromatic heterocycles. The quantitative estimate of drug-likeness (QED) is 0.661. The van der Waals surface area contributed by atoms with Gasteiger partial charge in [0.1, 0.15) is 0 Å². The Bertz CT molecular complexity index is 882. The number of fused-ring (bicyclic) bond motifs is 2. The number of anilines is 1. The Hall–Kier alpha value is -3.20. The predicted molar refractivity (Wildman–Crippen MR) is 79.2 cm³/mol. The van der Waals surface area contributed by atoms with E-state index in [4.69, 9.17) is 16.3 Å². The van der Waals surface area contributed by atoms with Gasteiger partial charge in [0.15, 0.2) is 17.1 Å². The Kier molecular flexibility index (Phi) is 3.34. The largest absolute Gasteiger partial charge is 0.454 e.